The van der Waals surface area contributed by atoms with Crippen LogP contribution >= 0.6 is 11.6 Å². The smallest absolute Gasteiger partial charge is 0.253 e. The van der Waals surface area contributed by atoms with Gasteiger partial charge in [-0.2, -0.15) is 4.31 Å². The fourth-order valence-corrected chi connectivity index (χ4v) is 5.37. The van der Waals surface area contributed by atoms with E-state index in [0.29, 0.717) is 10.6 Å². The van der Waals surface area contributed by atoms with Gasteiger partial charge in [-0.25, -0.2) is 8.42 Å². The molecule has 7 heteroatoms. The van der Waals surface area contributed by atoms with E-state index in [0.717, 1.165) is 37.1 Å². The van der Waals surface area contributed by atoms with Crippen LogP contribution in [0.1, 0.15) is 34.3 Å². The van der Waals surface area contributed by atoms with Crippen LogP contribution in [0.5, 0.6) is 0 Å². The molecular weight excluding hydrogens is 444 g/mol. The number of carbonyl (C=O) groups is 1. The minimum Gasteiger partial charge on any atom is -0.339 e. The second kappa shape index (κ2) is 9.86. The topological polar surface area (TPSA) is 57.7 Å². The summed E-state index contributed by atoms with van der Waals surface area (Å²) < 4.78 is 28.3. The van der Waals surface area contributed by atoms with Crippen molar-refractivity contribution in [1.29, 1.82) is 0 Å². The molecule has 1 heterocycles. The summed E-state index contributed by atoms with van der Waals surface area (Å²) in [5.74, 6) is 0.0315. The lowest BCUT2D eigenvalue weighted by molar-refractivity contribution is 0.0793. The zero-order valence-electron chi connectivity index (χ0n) is 17.7. The molecule has 0 aliphatic carbocycles. The molecule has 0 N–H and O–H groups in total. The van der Waals surface area contributed by atoms with Gasteiger partial charge in [0.1, 0.15) is 0 Å². The molecule has 166 valence electrons. The van der Waals surface area contributed by atoms with Gasteiger partial charge in [0.05, 0.1) is 4.90 Å². The minimum absolute atomic E-state index is 0.0315. The molecule has 0 saturated carbocycles. The first-order valence-corrected chi connectivity index (χ1v) is 12.4. The van der Waals surface area contributed by atoms with Crippen molar-refractivity contribution >= 4 is 27.5 Å². The Kier molecular flexibility index (Phi) is 6.94. The quantitative estimate of drug-likeness (QED) is 0.492. The SMILES string of the molecule is O=C(c1ccc(CN(Cc2ccccc2)S(=O)(=O)c2ccc(Cl)cc2)cc1)N1CCCC1. The molecule has 0 unspecified atom stereocenters. The summed E-state index contributed by atoms with van der Waals surface area (Å²) in [5.41, 5.74) is 2.34. The largest absolute Gasteiger partial charge is 0.339 e. The highest BCUT2D eigenvalue weighted by molar-refractivity contribution is 7.89. The van der Waals surface area contributed by atoms with Crippen LogP contribution in [-0.2, 0) is 23.1 Å². The van der Waals surface area contributed by atoms with Crippen molar-refractivity contribution in [1.82, 2.24) is 9.21 Å². The van der Waals surface area contributed by atoms with Gasteiger partial charge in [-0.1, -0.05) is 54.1 Å². The van der Waals surface area contributed by atoms with Crippen molar-refractivity contribution in [3.63, 3.8) is 0 Å². The molecule has 5 nitrogen and oxygen atoms in total. The molecule has 3 aromatic carbocycles. The zero-order chi connectivity index (χ0) is 22.6. The van der Waals surface area contributed by atoms with Crippen LogP contribution in [0.15, 0.2) is 83.8 Å². The number of benzene rings is 3. The third-order valence-corrected chi connectivity index (χ3v) is 7.66. The second-order valence-corrected chi connectivity index (χ2v) is 10.3. The Labute approximate surface area is 194 Å². The average molecular weight is 469 g/mol. The lowest BCUT2D eigenvalue weighted by Crippen LogP contribution is -2.30. The summed E-state index contributed by atoms with van der Waals surface area (Å²) >= 11 is 5.95. The Morgan fingerprint density at radius 2 is 1.38 bits per heavy atom. The maximum absolute atomic E-state index is 13.4. The fraction of sp³-hybridized carbons (Fsp3) is 0.240. The molecule has 1 amide bonds. The first-order valence-electron chi connectivity index (χ1n) is 10.6. The summed E-state index contributed by atoms with van der Waals surface area (Å²) in [4.78, 5) is 14.7. The maximum Gasteiger partial charge on any atom is 0.253 e. The van der Waals surface area contributed by atoms with Gasteiger partial charge in [0, 0.05) is 36.8 Å². The van der Waals surface area contributed by atoms with Crippen LogP contribution in [0.2, 0.25) is 5.02 Å². The van der Waals surface area contributed by atoms with Gasteiger partial charge in [-0.3, -0.25) is 4.79 Å². The molecule has 0 atom stereocenters. The number of nitrogens with zero attached hydrogens (tertiary/aromatic N) is 2. The maximum atomic E-state index is 13.4. The third-order valence-electron chi connectivity index (χ3n) is 5.61. The summed E-state index contributed by atoms with van der Waals surface area (Å²) in [6, 6.07) is 22.9. The van der Waals surface area contributed by atoms with Crippen molar-refractivity contribution in [2.24, 2.45) is 0 Å². The van der Waals surface area contributed by atoms with E-state index in [9.17, 15) is 13.2 Å². The Bertz CT molecular complexity index is 1160. The average Bonchev–Trinajstić information content (AvgIpc) is 3.35. The van der Waals surface area contributed by atoms with Crippen molar-refractivity contribution in [2.45, 2.75) is 30.8 Å². The van der Waals surface area contributed by atoms with Crippen molar-refractivity contribution in [3.05, 3.63) is 101 Å². The molecule has 0 aromatic heterocycles. The number of halogens is 1. The second-order valence-electron chi connectivity index (χ2n) is 7.91. The lowest BCUT2D eigenvalue weighted by Gasteiger charge is -2.23. The van der Waals surface area contributed by atoms with E-state index in [-0.39, 0.29) is 23.9 Å². The van der Waals surface area contributed by atoms with E-state index in [1.54, 1.807) is 24.3 Å². The fourth-order valence-electron chi connectivity index (χ4n) is 3.83. The Morgan fingerprint density at radius 3 is 1.97 bits per heavy atom. The van der Waals surface area contributed by atoms with Gasteiger partial charge < -0.3 is 4.90 Å². The highest BCUT2D eigenvalue weighted by atomic mass is 35.5. The molecule has 0 spiro atoms. The monoisotopic (exact) mass is 468 g/mol. The van der Waals surface area contributed by atoms with E-state index in [4.69, 9.17) is 11.6 Å². The Balaban J connectivity index is 1.58. The van der Waals surface area contributed by atoms with E-state index >= 15 is 0 Å². The summed E-state index contributed by atoms with van der Waals surface area (Å²) in [6.45, 7) is 2.02. The van der Waals surface area contributed by atoms with E-state index < -0.39 is 10.0 Å². The standard InChI is InChI=1S/C25H25ClN2O3S/c26-23-12-14-24(15-13-23)32(30,31)28(18-20-6-2-1-3-7-20)19-21-8-10-22(11-9-21)25(29)27-16-4-5-17-27/h1-3,6-15H,4-5,16-19H2. The summed E-state index contributed by atoms with van der Waals surface area (Å²) in [5, 5.41) is 0.483. The van der Waals surface area contributed by atoms with Crippen LogP contribution in [0.4, 0.5) is 0 Å². The number of sulfonamides is 1. The molecule has 0 radical (unpaired) electrons. The Morgan fingerprint density at radius 1 is 0.812 bits per heavy atom. The van der Waals surface area contributed by atoms with E-state index in [2.05, 4.69) is 0 Å². The minimum atomic E-state index is -3.75. The van der Waals surface area contributed by atoms with Gasteiger partial charge in [-0.15, -0.1) is 0 Å². The molecule has 32 heavy (non-hydrogen) atoms. The summed E-state index contributed by atoms with van der Waals surface area (Å²) in [7, 11) is -3.75. The van der Waals surface area contributed by atoms with Crippen molar-refractivity contribution in [3.8, 4) is 0 Å². The number of amides is 1. The van der Waals surface area contributed by atoms with Crippen molar-refractivity contribution < 1.29 is 13.2 Å². The van der Waals surface area contributed by atoms with Crippen molar-refractivity contribution in [2.75, 3.05) is 13.1 Å². The number of carbonyl (C=O) groups excluding carboxylic acids is 1. The first kappa shape index (κ1) is 22.5. The number of hydrogen-bond acceptors (Lipinski definition) is 3. The van der Waals surface area contributed by atoms with Gasteiger partial charge >= 0.3 is 0 Å². The van der Waals surface area contributed by atoms with Crippen LogP contribution in [0, 0.1) is 0 Å². The highest BCUT2D eigenvalue weighted by Crippen LogP contribution is 2.23. The number of rotatable bonds is 7. The number of likely N-dealkylation sites (tertiary alicyclic amines) is 1. The van der Waals surface area contributed by atoms with E-state index in [1.165, 1.54) is 16.4 Å². The van der Waals surface area contributed by atoms with Crippen LogP contribution < -0.4 is 0 Å². The highest BCUT2D eigenvalue weighted by Gasteiger charge is 2.25. The molecule has 1 aliphatic rings. The van der Waals surface area contributed by atoms with Gasteiger partial charge in [0.15, 0.2) is 0 Å². The van der Waals surface area contributed by atoms with Crippen LogP contribution in [-0.4, -0.2) is 36.6 Å². The predicted molar refractivity (Wildman–Crippen MR) is 126 cm³/mol. The van der Waals surface area contributed by atoms with Crippen LogP contribution in [0.25, 0.3) is 0 Å². The number of hydrogen-bond donors (Lipinski definition) is 0. The first-order chi connectivity index (χ1) is 15.4. The molecule has 1 aliphatic heterocycles. The van der Waals surface area contributed by atoms with Gasteiger partial charge in [0.2, 0.25) is 10.0 Å². The molecular formula is C25H25ClN2O3S. The summed E-state index contributed by atoms with van der Waals surface area (Å²) in [6.07, 6.45) is 2.08. The van der Waals surface area contributed by atoms with Crippen LogP contribution in [0.3, 0.4) is 0 Å². The third kappa shape index (κ3) is 5.21. The lowest BCUT2D eigenvalue weighted by atomic mass is 10.1. The zero-order valence-corrected chi connectivity index (χ0v) is 19.2. The molecule has 1 saturated heterocycles. The molecule has 4 rings (SSSR count). The molecule has 1 fully saturated rings. The molecule has 3 aromatic rings. The van der Waals surface area contributed by atoms with Gasteiger partial charge in [0.25, 0.3) is 5.91 Å². The molecule has 0 bridgehead atoms. The Hall–Kier alpha value is -2.67. The normalized spacial score (nSPS) is 14.1. The van der Waals surface area contributed by atoms with Gasteiger partial charge in [-0.05, 0) is 60.4 Å². The predicted octanol–water partition coefficient (Wildman–Crippen LogP) is 4.97. The van der Waals surface area contributed by atoms with E-state index in [1.807, 2.05) is 47.4 Å².